The van der Waals surface area contributed by atoms with Crippen LogP contribution in [0.5, 0.6) is 0 Å². The molecule has 0 bridgehead atoms. The van der Waals surface area contributed by atoms with E-state index in [1.54, 1.807) is 7.11 Å². The number of aromatic nitrogens is 2. The first-order chi connectivity index (χ1) is 17.1. The molecular formula is C28H33F2N3O2. The van der Waals surface area contributed by atoms with E-state index in [1.807, 2.05) is 34.9 Å². The predicted octanol–water partition coefficient (Wildman–Crippen LogP) is 6.23. The highest BCUT2D eigenvalue weighted by Gasteiger charge is 2.37. The standard InChI is InChI=1S/C28H33F2N3O2/c1-35-26(19-12-6-3-7-13-19)27-32-23-16-21(29)22(30)17-24(23)33(27)25(18-10-4-2-5-11-18)28(34)31-20-14-8-9-15-20/h3,6-7,12-13,16-18,20,25-26H,2,4-5,8-11,14-15H2,1H3,(H,31,34)/t25-,26?/m1/s1. The Morgan fingerprint density at radius 2 is 1.66 bits per heavy atom. The van der Waals surface area contributed by atoms with Gasteiger partial charge in [-0.3, -0.25) is 4.79 Å². The van der Waals surface area contributed by atoms with E-state index in [0.29, 0.717) is 16.9 Å². The molecule has 1 aromatic heterocycles. The van der Waals surface area contributed by atoms with E-state index >= 15 is 0 Å². The number of ether oxygens (including phenoxy) is 1. The van der Waals surface area contributed by atoms with Crippen LogP contribution in [0, 0.1) is 17.6 Å². The zero-order chi connectivity index (χ0) is 24.4. The van der Waals surface area contributed by atoms with E-state index in [1.165, 1.54) is 6.07 Å². The molecule has 7 heteroatoms. The van der Waals surface area contributed by atoms with E-state index in [0.717, 1.165) is 69.4 Å². The summed E-state index contributed by atoms with van der Waals surface area (Å²) in [4.78, 5) is 18.7. The number of hydrogen-bond acceptors (Lipinski definition) is 3. The number of amides is 1. The van der Waals surface area contributed by atoms with E-state index in [4.69, 9.17) is 9.72 Å². The molecule has 3 aromatic rings. The number of carbonyl (C=O) groups excluding carboxylic acids is 1. The monoisotopic (exact) mass is 481 g/mol. The largest absolute Gasteiger partial charge is 0.369 e. The molecule has 35 heavy (non-hydrogen) atoms. The van der Waals surface area contributed by atoms with Crippen LogP contribution >= 0.6 is 0 Å². The summed E-state index contributed by atoms with van der Waals surface area (Å²) in [5.41, 5.74) is 1.62. The van der Waals surface area contributed by atoms with Crippen LogP contribution in [0.1, 0.15) is 81.3 Å². The van der Waals surface area contributed by atoms with Gasteiger partial charge in [0.1, 0.15) is 18.0 Å². The maximum Gasteiger partial charge on any atom is 0.243 e. The molecule has 2 atom stereocenters. The summed E-state index contributed by atoms with van der Waals surface area (Å²) in [6.45, 7) is 0. The molecule has 2 aliphatic carbocycles. The summed E-state index contributed by atoms with van der Waals surface area (Å²) in [5.74, 6) is -1.37. The average Bonchev–Trinajstić information content (AvgIpc) is 3.50. The molecular weight excluding hydrogens is 448 g/mol. The van der Waals surface area contributed by atoms with Gasteiger partial charge in [0.25, 0.3) is 0 Å². The summed E-state index contributed by atoms with van der Waals surface area (Å²) >= 11 is 0. The van der Waals surface area contributed by atoms with Gasteiger partial charge in [0.15, 0.2) is 11.6 Å². The summed E-state index contributed by atoms with van der Waals surface area (Å²) < 4.78 is 36.5. The molecule has 2 saturated carbocycles. The van der Waals surface area contributed by atoms with Crippen LogP contribution in [0.4, 0.5) is 8.78 Å². The maximum atomic E-state index is 14.5. The first-order valence-electron chi connectivity index (χ1n) is 12.8. The highest BCUT2D eigenvalue weighted by atomic mass is 19.2. The van der Waals surface area contributed by atoms with Crippen molar-refractivity contribution in [3.05, 3.63) is 65.5 Å². The molecule has 1 heterocycles. The van der Waals surface area contributed by atoms with Gasteiger partial charge in [-0.05, 0) is 37.2 Å². The lowest BCUT2D eigenvalue weighted by Crippen LogP contribution is -2.42. The quantitative estimate of drug-likeness (QED) is 0.435. The van der Waals surface area contributed by atoms with E-state index in [-0.39, 0.29) is 17.9 Å². The lowest BCUT2D eigenvalue weighted by Gasteiger charge is -2.33. The van der Waals surface area contributed by atoms with Crippen molar-refractivity contribution in [2.75, 3.05) is 7.11 Å². The molecule has 1 N–H and O–H groups in total. The van der Waals surface area contributed by atoms with Gasteiger partial charge in [-0.1, -0.05) is 62.4 Å². The smallest absolute Gasteiger partial charge is 0.243 e. The minimum atomic E-state index is -0.952. The zero-order valence-corrected chi connectivity index (χ0v) is 20.2. The summed E-state index contributed by atoms with van der Waals surface area (Å²) in [6.07, 6.45) is 8.67. The molecule has 2 aromatic carbocycles. The third-order valence-corrected chi connectivity index (χ3v) is 7.68. The molecule has 0 spiro atoms. The van der Waals surface area contributed by atoms with Crippen molar-refractivity contribution >= 4 is 16.9 Å². The first-order valence-corrected chi connectivity index (χ1v) is 12.8. The third-order valence-electron chi connectivity index (χ3n) is 7.68. The van der Waals surface area contributed by atoms with Gasteiger partial charge in [0, 0.05) is 25.3 Å². The second kappa shape index (κ2) is 10.4. The summed E-state index contributed by atoms with van der Waals surface area (Å²) in [7, 11) is 1.59. The van der Waals surface area contributed by atoms with Gasteiger partial charge in [0.2, 0.25) is 5.91 Å². The normalized spacial score (nSPS) is 19.2. The van der Waals surface area contributed by atoms with Crippen LogP contribution in [-0.2, 0) is 9.53 Å². The van der Waals surface area contributed by atoms with Gasteiger partial charge in [-0.2, -0.15) is 0 Å². The molecule has 186 valence electrons. The Hall–Kier alpha value is -2.80. The Morgan fingerprint density at radius 1 is 1.00 bits per heavy atom. The van der Waals surface area contributed by atoms with E-state index in [2.05, 4.69) is 5.32 Å². The zero-order valence-electron chi connectivity index (χ0n) is 20.2. The molecule has 1 unspecified atom stereocenters. The van der Waals surface area contributed by atoms with Crippen molar-refractivity contribution in [1.82, 2.24) is 14.9 Å². The van der Waals surface area contributed by atoms with Crippen molar-refractivity contribution in [2.24, 2.45) is 5.92 Å². The fourth-order valence-electron chi connectivity index (χ4n) is 5.95. The number of halogens is 2. The van der Waals surface area contributed by atoms with Gasteiger partial charge >= 0.3 is 0 Å². The number of methoxy groups -OCH3 is 1. The molecule has 2 fully saturated rings. The minimum Gasteiger partial charge on any atom is -0.369 e. The number of nitrogens with one attached hydrogen (secondary N) is 1. The highest BCUT2D eigenvalue weighted by Crippen LogP contribution is 2.39. The Balaban J connectivity index is 1.68. The second-order valence-corrected chi connectivity index (χ2v) is 9.95. The SMILES string of the molecule is COC(c1ccccc1)c1nc2cc(F)c(F)cc2n1[C@@H](C(=O)NC1CCCC1)C1CCCCC1. The first kappa shape index (κ1) is 23.9. The fraction of sp³-hybridized carbons (Fsp3) is 0.500. The van der Waals surface area contributed by atoms with Crippen LogP contribution in [0.15, 0.2) is 42.5 Å². The van der Waals surface area contributed by atoms with Crippen LogP contribution < -0.4 is 5.32 Å². The fourth-order valence-corrected chi connectivity index (χ4v) is 5.95. The Kier molecular flexibility index (Phi) is 7.14. The second-order valence-electron chi connectivity index (χ2n) is 9.95. The average molecular weight is 482 g/mol. The van der Waals surface area contributed by atoms with Crippen LogP contribution in [-0.4, -0.2) is 28.6 Å². The van der Waals surface area contributed by atoms with Crippen molar-refractivity contribution in [3.8, 4) is 0 Å². The van der Waals surface area contributed by atoms with E-state index in [9.17, 15) is 13.6 Å². The predicted molar refractivity (Wildman–Crippen MR) is 131 cm³/mol. The van der Waals surface area contributed by atoms with Crippen LogP contribution in [0.3, 0.4) is 0 Å². The molecule has 0 aliphatic heterocycles. The third kappa shape index (κ3) is 4.83. The molecule has 0 saturated heterocycles. The van der Waals surface area contributed by atoms with Gasteiger partial charge < -0.3 is 14.6 Å². The Labute approximate surface area is 204 Å². The Morgan fingerprint density at radius 3 is 2.34 bits per heavy atom. The van der Waals surface area contributed by atoms with Crippen molar-refractivity contribution in [3.63, 3.8) is 0 Å². The Bertz CT molecular complexity index is 1170. The maximum absolute atomic E-state index is 14.5. The van der Waals surface area contributed by atoms with Crippen LogP contribution in [0.25, 0.3) is 11.0 Å². The number of benzene rings is 2. The van der Waals surface area contributed by atoms with E-state index < -0.39 is 23.8 Å². The molecule has 0 radical (unpaired) electrons. The summed E-state index contributed by atoms with van der Waals surface area (Å²) in [6, 6.07) is 11.5. The summed E-state index contributed by atoms with van der Waals surface area (Å²) in [5, 5.41) is 3.28. The topological polar surface area (TPSA) is 56.2 Å². The lowest BCUT2D eigenvalue weighted by molar-refractivity contribution is -0.127. The molecule has 5 rings (SSSR count). The number of fused-ring (bicyclic) bond motifs is 1. The van der Waals surface area contributed by atoms with Crippen molar-refractivity contribution in [1.29, 1.82) is 0 Å². The van der Waals surface area contributed by atoms with Crippen molar-refractivity contribution in [2.45, 2.75) is 76.0 Å². The highest BCUT2D eigenvalue weighted by molar-refractivity contribution is 5.85. The lowest BCUT2D eigenvalue weighted by atomic mass is 9.83. The van der Waals surface area contributed by atoms with Gasteiger partial charge in [-0.15, -0.1) is 0 Å². The number of carbonyl (C=O) groups is 1. The van der Waals surface area contributed by atoms with Gasteiger partial charge in [0.05, 0.1) is 11.0 Å². The number of rotatable bonds is 7. The molecule has 1 amide bonds. The molecule has 2 aliphatic rings. The molecule has 5 nitrogen and oxygen atoms in total. The number of hydrogen-bond donors (Lipinski definition) is 1. The van der Waals surface area contributed by atoms with Crippen LogP contribution in [0.2, 0.25) is 0 Å². The minimum absolute atomic E-state index is 0.0583. The number of nitrogens with zero attached hydrogens (tertiary/aromatic N) is 2. The van der Waals surface area contributed by atoms with Gasteiger partial charge in [-0.25, -0.2) is 13.8 Å². The van der Waals surface area contributed by atoms with Crippen molar-refractivity contribution < 1.29 is 18.3 Å². The number of imidazole rings is 1.